The number of anilines is 1. The number of hydrogen-bond acceptors (Lipinski definition) is 4. The van der Waals surface area contributed by atoms with E-state index in [1.807, 2.05) is 25.1 Å². The van der Waals surface area contributed by atoms with Crippen LogP contribution in [0.3, 0.4) is 0 Å². The van der Waals surface area contributed by atoms with Crippen LogP contribution in [0, 0.1) is 0 Å². The molecule has 1 amide bonds. The summed E-state index contributed by atoms with van der Waals surface area (Å²) in [6, 6.07) is 8.78. The smallest absolute Gasteiger partial charge is 0.291 e. The van der Waals surface area contributed by atoms with E-state index in [4.69, 9.17) is 16.0 Å². The summed E-state index contributed by atoms with van der Waals surface area (Å²) in [6.45, 7) is 0.637. The Morgan fingerprint density at radius 3 is 2.83 bits per heavy atom. The van der Waals surface area contributed by atoms with Crippen LogP contribution in [-0.2, 0) is 6.54 Å². The summed E-state index contributed by atoms with van der Waals surface area (Å²) in [6.07, 6.45) is 3.45. The molecule has 0 unspecified atom stereocenters. The van der Waals surface area contributed by atoms with E-state index in [1.165, 1.54) is 0 Å². The first-order valence-electron chi connectivity index (χ1n) is 7.36. The van der Waals surface area contributed by atoms with Gasteiger partial charge in [-0.15, -0.1) is 0 Å². The maximum Gasteiger partial charge on any atom is 0.291 e. The van der Waals surface area contributed by atoms with Crippen LogP contribution in [0.4, 0.5) is 5.69 Å². The number of rotatable bonds is 5. The zero-order chi connectivity index (χ0) is 17.1. The first kappa shape index (κ1) is 16.3. The van der Waals surface area contributed by atoms with Gasteiger partial charge in [-0.1, -0.05) is 17.7 Å². The normalized spacial score (nSPS) is 11.0. The molecule has 0 atom stereocenters. The van der Waals surface area contributed by atoms with E-state index < -0.39 is 0 Å². The molecule has 6 nitrogen and oxygen atoms in total. The van der Waals surface area contributed by atoms with Crippen molar-refractivity contribution in [2.24, 2.45) is 0 Å². The lowest BCUT2D eigenvalue weighted by molar-refractivity contribution is 0.0993. The van der Waals surface area contributed by atoms with Gasteiger partial charge in [0.1, 0.15) is 5.76 Å². The van der Waals surface area contributed by atoms with Crippen molar-refractivity contribution >= 4 is 23.2 Å². The Morgan fingerprint density at radius 2 is 2.17 bits per heavy atom. The van der Waals surface area contributed by atoms with Gasteiger partial charge in [0.15, 0.2) is 5.76 Å². The summed E-state index contributed by atoms with van der Waals surface area (Å²) in [7, 11) is 3.87. The maximum atomic E-state index is 12.3. The quantitative estimate of drug-likeness (QED) is 0.741. The number of aromatic nitrogens is 2. The molecule has 7 heteroatoms. The van der Waals surface area contributed by atoms with Gasteiger partial charge in [-0.25, -0.2) is 0 Å². The number of halogens is 1. The Balaban J connectivity index is 1.72. The van der Waals surface area contributed by atoms with Gasteiger partial charge < -0.3 is 14.6 Å². The van der Waals surface area contributed by atoms with Crippen LogP contribution in [0.1, 0.15) is 16.3 Å². The second kappa shape index (κ2) is 6.90. The number of amides is 1. The molecule has 0 saturated heterocycles. The second-order valence-electron chi connectivity index (χ2n) is 5.64. The third-order valence-corrected chi connectivity index (χ3v) is 3.71. The molecule has 2 aromatic heterocycles. The molecular formula is C17H17ClN4O2. The van der Waals surface area contributed by atoms with E-state index in [1.54, 1.807) is 36.7 Å². The van der Waals surface area contributed by atoms with Crippen molar-refractivity contribution in [1.29, 1.82) is 0 Å². The van der Waals surface area contributed by atoms with Gasteiger partial charge in [0.25, 0.3) is 5.91 Å². The number of furan rings is 1. The van der Waals surface area contributed by atoms with Crippen LogP contribution in [0.5, 0.6) is 0 Å². The van der Waals surface area contributed by atoms with E-state index in [0.29, 0.717) is 17.3 Å². The number of nitrogens with zero attached hydrogens (tertiary/aromatic N) is 2. The molecule has 3 rings (SSSR count). The molecule has 1 aromatic carbocycles. The Morgan fingerprint density at radius 1 is 1.33 bits per heavy atom. The lowest BCUT2D eigenvalue weighted by Crippen LogP contribution is -2.12. The van der Waals surface area contributed by atoms with Crippen molar-refractivity contribution in [1.82, 2.24) is 15.1 Å². The zero-order valence-electron chi connectivity index (χ0n) is 13.3. The molecule has 2 N–H and O–H groups in total. The highest BCUT2D eigenvalue weighted by molar-refractivity contribution is 6.33. The Labute approximate surface area is 144 Å². The van der Waals surface area contributed by atoms with E-state index in [2.05, 4.69) is 15.5 Å². The Hall–Kier alpha value is -2.57. The fourth-order valence-electron chi connectivity index (χ4n) is 2.31. The van der Waals surface area contributed by atoms with Crippen LogP contribution in [-0.4, -0.2) is 35.1 Å². The van der Waals surface area contributed by atoms with E-state index >= 15 is 0 Å². The number of hydrogen-bond donors (Lipinski definition) is 2. The molecule has 0 saturated carbocycles. The molecule has 0 aliphatic heterocycles. The second-order valence-corrected chi connectivity index (χ2v) is 6.05. The summed E-state index contributed by atoms with van der Waals surface area (Å²) in [5.41, 5.74) is 2.33. The number of H-pyrrole nitrogens is 1. The van der Waals surface area contributed by atoms with Gasteiger partial charge in [0.05, 0.1) is 17.8 Å². The predicted molar refractivity (Wildman–Crippen MR) is 93.1 cm³/mol. The fourth-order valence-corrected chi connectivity index (χ4v) is 2.60. The fraction of sp³-hybridized carbons (Fsp3) is 0.176. The lowest BCUT2D eigenvalue weighted by atomic mass is 10.1. The largest absolute Gasteiger partial charge is 0.455 e. The lowest BCUT2D eigenvalue weighted by Gasteiger charge is -2.07. The number of aromatic amines is 1. The molecule has 0 radical (unpaired) electrons. The Bertz CT molecular complexity index is 840. The van der Waals surface area contributed by atoms with Gasteiger partial charge in [0, 0.05) is 23.0 Å². The van der Waals surface area contributed by atoms with Gasteiger partial charge in [-0.2, -0.15) is 5.10 Å². The highest BCUT2D eigenvalue weighted by Crippen LogP contribution is 2.29. The highest BCUT2D eigenvalue weighted by Gasteiger charge is 2.13. The van der Waals surface area contributed by atoms with E-state index in [9.17, 15) is 4.79 Å². The predicted octanol–water partition coefficient (Wildman–Crippen LogP) is 3.64. The number of nitrogens with one attached hydrogen (secondary N) is 2. The molecule has 24 heavy (non-hydrogen) atoms. The molecular weight excluding hydrogens is 328 g/mol. The number of carbonyl (C=O) groups excluding carboxylic acids is 1. The van der Waals surface area contributed by atoms with Crippen LogP contribution >= 0.6 is 11.6 Å². The highest BCUT2D eigenvalue weighted by atomic mass is 35.5. The minimum Gasteiger partial charge on any atom is -0.455 e. The SMILES string of the molecule is CN(C)Cc1ccc(C(=O)Nc2ccc(-c3cn[nH]c3)c(Cl)c2)o1. The Kier molecular flexibility index (Phi) is 4.69. The first-order valence-corrected chi connectivity index (χ1v) is 7.74. The molecule has 0 aliphatic rings. The third kappa shape index (κ3) is 3.67. The third-order valence-electron chi connectivity index (χ3n) is 3.39. The van der Waals surface area contributed by atoms with Crippen LogP contribution < -0.4 is 5.32 Å². The van der Waals surface area contributed by atoms with E-state index in [0.717, 1.165) is 16.9 Å². The van der Waals surface area contributed by atoms with E-state index in [-0.39, 0.29) is 11.7 Å². The molecule has 124 valence electrons. The van der Waals surface area contributed by atoms with Crippen molar-refractivity contribution in [2.45, 2.75) is 6.54 Å². The molecule has 0 spiro atoms. The monoisotopic (exact) mass is 344 g/mol. The molecule has 3 aromatic rings. The number of benzene rings is 1. The summed E-state index contributed by atoms with van der Waals surface area (Å²) in [5.74, 6) is 0.688. The van der Waals surface area contributed by atoms with Gasteiger partial charge >= 0.3 is 0 Å². The summed E-state index contributed by atoms with van der Waals surface area (Å²) < 4.78 is 5.54. The minimum absolute atomic E-state index is 0.266. The van der Waals surface area contributed by atoms with Gasteiger partial charge in [0.2, 0.25) is 0 Å². The molecule has 0 aliphatic carbocycles. The van der Waals surface area contributed by atoms with Crippen LogP contribution in [0.25, 0.3) is 11.1 Å². The van der Waals surface area contributed by atoms with Crippen molar-refractivity contribution in [3.63, 3.8) is 0 Å². The summed E-state index contributed by atoms with van der Waals surface area (Å²) in [4.78, 5) is 14.2. The average Bonchev–Trinajstić information content (AvgIpc) is 3.18. The topological polar surface area (TPSA) is 74.2 Å². The standard InChI is InChI=1S/C17H17ClN4O2/c1-22(2)10-13-4-6-16(24-13)17(23)21-12-3-5-14(15(18)7-12)11-8-19-20-9-11/h3-9H,10H2,1-2H3,(H,19,20)(H,21,23). The average molecular weight is 345 g/mol. The number of carbonyl (C=O) groups is 1. The van der Waals surface area contributed by atoms with Crippen LogP contribution in [0.15, 0.2) is 47.1 Å². The first-order chi connectivity index (χ1) is 11.5. The van der Waals surface area contributed by atoms with Crippen LogP contribution in [0.2, 0.25) is 5.02 Å². The van der Waals surface area contributed by atoms with Crippen molar-refractivity contribution in [2.75, 3.05) is 19.4 Å². The summed E-state index contributed by atoms with van der Waals surface area (Å²) >= 11 is 6.29. The van der Waals surface area contributed by atoms with Gasteiger partial charge in [-0.3, -0.25) is 9.89 Å². The van der Waals surface area contributed by atoms with Crippen molar-refractivity contribution in [3.8, 4) is 11.1 Å². The maximum absolute atomic E-state index is 12.3. The van der Waals surface area contributed by atoms with Crippen molar-refractivity contribution < 1.29 is 9.21 Å². The minimum atomic E-state index is -0.313. The molecule has 0 bridgehead atoms. The molecule has 0 fully saturated rings. The van der Waals surface area contributed by atoms with Crippen molar-refractivity contribution in [3.05, 3.63) is 59.3 Å². The zero-order valence-corrected chi connectivity index (χ0v) is 14.1. The van der Waals surface area contributed by atoms with Gasteiger partial charge in [-0.05, 0) is 38.4 Å². The summed E-state index contributed by atoms with van der Waals surface area (Å²) in [5, 5.41) is 9.96. The molecule has 2 heterocycles.